The number of carbonyl (C=O) groups is 1. The van der Waals surface area contributed by atoms with Gasteiger partial charge in [0.15, 0.2) is 5.78 Å². The summed E-state index contributed by atoms with van der Waals surface area (Å²) in [7, 11) is 1.55. The van der Waals surface area contributed by atoms with Crippen LogP contribution in [-0.2, 0) is 0 Å². The van der Waals surface area contributed by atoms with Crippen molar-refractivity contribution in [3.8, 4) is 5.75 Å². The van der Waals surface area contributed by atoms with Gasteiger partial charge in [0, 0.05) is 14.9 Å². The molecule has 0 unspecified atom stereocenters. The number of ketones is 1. The molecule has 0 aromatic heterocycles. The number of hydrogen-bond donors (Lipinski definition) is 0. The Hall–Kier alpha value is -0.970. The third-order valence-corrected chi connectivity index (χ3v) is 4.99. The van der Waals surface area contributed by atoms with E-state index in [-0.39, 0.29) is 5.78 Å². The van der Waals surface area contributed by atoms with Gasteiger partial charge < -0.3 is 4.74 Å². The van der Waals surface area contributed by atoms with Crippen molar-refractivity contribution in [3.05, 3.63) is 57.5 Å². The molecule has 0 bridgehead atoms. The summed E-state index contributed by atoms with van der Waals surface area (Å²) >= 11 is 11.0. The molecule has 0 radical (unpaired) electrons. The summed E-state index contributed by atoms with van der Waals surface area (Å²) in [6, 6.07) is 12.9. The molecule has 2 rings (SSSR count). The first-order chi connectivity index (χ1) is 9.61. The van der Waals surface area contributed by atoms with Gasteiger partial charge in [-0.3, -0.25) is 4.79 Å². The van der Waals surface area contributed by atoms with Crippen LogP contribution in [-0.4, -0.2) is 18.6 Å². The predicted octanol–water partition coefficient (Wildman–Crippen LogP) is 5.09. The lowest BCUT2D eigenvalue weighted by Gasteiger charge is -2.06. The van der Waals surface area contributed by atoms with E-state index >= 15 is 0 Å². The Balaban J connectivity index is 2.05. The highest BCUT2D eigenvalue weighted by Gasteiger charge is 2.10. The summed E-state index contributed by atoms with van der Waals surface area (Å²) in [6.07, 6.45) is 0. The van der Waals surface area contributed by atoms with Crippen LogP contribution in [0, 0.1) is 0 Å². The number of rotatable bonds is 5. The molecule has 2 aromatic carbocycles. The minimum absolute atomic E-state index is 0.0373. The summed E-state index contributed by atoms with van der Waals surface area (Å²) in [4.78, 5) is 13.2. The molecule has 0 aliphatic rings. The van der Waals surface area contributed by atoms with Crippen LogP contribution in [0.1, 0.15) is 10.4 Å². The van der Waals surface area contributed by atoms with Crippen molar-refractivity contribution in [1.29, 1.82) is 0 Å². The highest BCUT2D eigenvalue weighted by atomic mass is 79.9. The van der Waals surface area contributed by atoms with Crippen molar-refractivity contribution in [2.24, 2.45) is 0 Å². The Bertz CT molecular complexity index is 631. The van der Waals surface area contributed by atoms with Gasteiger partial charge in [-0.2, -0.15) is 0 Å². The van der Waals surface area contributed by atoms with Crippen LogP contribution >= 0.6 is 39.3 Å². The molecule has 0 fully saturated rings. The molecule has 0 amide bonds. The quantitative estimate of drug-likeness (QED) is 0.541. The van der Waals surface area contributed by atoms with Crippen molar-refractivity contribution >= 4 is 45.1 Å². The second-order valence-corrected chi connectivity index (χ2v) is 6.27. The van der Waals surface area contributed by atoms with E-state index in [1.54, 1.807) is 25.3 Å². The first-order valence-electron chi connectivity index (χ1n) is 5.86. The number of carbonyl (C=O) groups excluding carboxylic acids is 1. The molecule has 0 heterocycles. The van der Waals surface area contributed by atoms with Crippen LogP contribution in [0.15, 0.2) is 51.8 Å². The molecule has 0 N–H and O–H groups in total. The van der Waals surface area contributed by atoms with E-state index in [0.717, 1.165) is 9.37 Å². The van der Waals surface area contributed by atoms with E-state index in [9.17, 15) is 4.79 Å². The number of methoxy groups -OCH3 is 1. The summed E-state index contributed by atoms with van der Waals surface area (Å²) in [5, 5.41) is 0.448. The van der Waals surface area contributed by atoms with Gasteiger partial charge in [-0.1, -0.05) is 23.7 Å². The van der Waals surface area contributed by atoms with Crippen LogP contribution in [0.4, 0.5) is 0 Å². The fraction of sp³-hybridized carbons (Fsp3) is 0.133. The van der Waals surface area contributed by atoms with Crippen molar-refractivity contribution in [1.82, 2.24) is 0 Å². The van der Waals surface area contributed by atoms with Gasteiger partial charge in [-0.15, -0.1) is 11.8 Å². The van der Waals surface area contributed by atoms with Gasteiger partial charge >= 0.3 is 0 Å². The zero-order chi connectivity index (χ0) is 14.5. The lowest BCUT2D eigenvalue weighted by atomic mass is 10.1. The predicted molar refractivity (Wildman–Crippen MR) is 87.2 cm³/mol. The van der Waals surface area contributed by atoms with E-state index in [4.69, 9.17) is 16.3 Å². The molecule has 104 valence electrons. The average molecular weight is 372 g/mol. The SMILES string of the molecule is COc1ccc(C(=O)CSc2ccccc2Br)cc1Cl. The average Bonchev–Trinajstić information content (AvgIpc) is 2.46. The fourth-order valence-electron chi connectivity index (χ4n) is 1.63. The molecule has 2 aromatic rings. The molecule has 5 heteroatoms. The molecule has 0 aliphatic heterocycles. The van der Waals surface area contributed by atoms with Crippen molar-refractivity contribution < 1.29 is 9.53 Å². The molecule has 0 spiro atoms. The Morgan fingerprint density at radius 1 is 1.30 bits per heavy atom. The lowest BCUT2D eigenvalue weighted by molar-refractivity contribution is 0.102. The number of benzene rings is 2. The fourth-order valence-corrected chi connectivity index (χ4v) is 3.35. The van der Waals surface area contributed by atoms with E-state index in [1.165, 1.54) is 11.8 Å². The lowest BCUT2D eigenvalue weighted by Crippen LogP contribution is -2.02. The highest BCUT2D eigenvalue weighted by molar-refractivity contribution is 9.10. The number of halogens is 2. The molecule has 0 atom stereocenters. The largest absolute Gasteiger partial charge is 0.495 e. The maximum absolute atomic E-state index is 12.1. The van der Waals surface area contributed by atoms with Crippen molar-refractivity contribution in [2.75, 3.05) is 12.9 Å². The van der Waals surface area contributed by atoms with Gasteiger partial charge in [-0.05, 0) is 46.3 Å². The molecule has 0 saturated carbocycles. The first-order valence-corrected chi connectivity index (χ1v) is 8.01. The third-order valence-electron chi connectivity index (χ3n) is 2.67. The minimum atomic E-state index is 0.0373. The highest BCUT2D eigenvalue weighted by Crippen LogP contribution is 2.29. The van der Waals surface area contributed by atoms with E-state index in [2.05, 4.69) is 15.9 Å². The van der Waals surface area contributed by atoms with Crippen LogP contribution < -0.4 is 4.74 Å². The number of hydrogen-bond acceptors (Lipinski definition) is 3. The van der Waals surface area contributed by atoms with Gasteiger partial charge in [0.1, 0.15) is 5.75 Å². The molecule has 0 saturated heterocycles. The summed E-state index contributed by atoms with van der Waals surface area (Å²) in [5.41, 5.74) is 0.593. The molecular weight excluding hydrogens is 360 g/mol. The Kier molecular flexibility index (Phi) is 5.52. The van der Waals surface area contributed by atoms with Crippen LogP contribution in [0.3, 0.4) is 0 Å². The van der Waals surface area contributed by atoms with Gasteiger partial charge in [0.05, 0.1) is 17.9 Å². The summed E-state index contributed by atoms with van der Waals surface area (Å²) in [6.45, 7) is 0. The monoisotopic (exact) mass is 370 g/mol. The minimum Gasteiger partial charge on any atom is -0.495 e. The maximum atomic E-state index is 12.1. The zero-order valence-electron chi connectivity index (χ0n) is 10.7. The zero-order valence-corrected chi connectivity index (χ0v) is 13.9. The topological polar surface area (TPSA) is 26.3 Å². The Morgan fingerprint density at radius 3 is 2.70 bits per heavy atom. The van der Waals surface area contributed by atoms with Gasteiger partial charge in [0.25, 0.3) is 0 Å². The third kappa shape index (κ3) is 3.78. The summed E-state index contributed by atoms with van der Waals surface area (Å²) in [5.74, 6) is 0.975. The van der Waals surface area contributed by atoms with E-state index in [0.29, 0.717) is 22.1 Å². The maximum Gasteiger partial charge on any atom is 0.173 e. The van der Waals surface area contributed by atoms with Crippen molar-refractivity contribution in [3.63, 3.8) is 0 Å². The van der Waals surface area contributed by atoms with Crippen LogP contribution in [0.2, 0.25) is 5.02 Å². The number of ether oxygens (including phenoxy) is 1. The van der Waals surface area contributed by atoms with E-state index in [1.807, 2.05) is 24.3 Å². The Labute approximate surface area is 135 Å². The molecular formula is C15H12BrClO2S. The second-order valence-electron chi connectivity index (χ2n) is 3.99. The standard InChI is InChI=1S/C15H12BrClO2S/c1-19-14-7-6-10(8-12(14)17)13(18)9-20-15-5-3-2-4-11(15)16/h2-8H,9H2,1H3. The molecule has 20 heavy (non-hydrogen) atoms. The van der Waals surface area contributed by atoms with Gasteiger partial charge in [0.2, 0.25) is 0 Å². The smallest absolute Gasteiger partial charge is 0.173 e. The molecule has 0 aliphatic carbocycles. The van der Waals surface area contributed by atoms with Crippen LogP contribution in [0.5, 0.6) is 5.75 Å². The first kappa shape index (κ1) is 15.4. The van der Waals surface area contributed by atoms with Gasteiger partial charge in [-0.25, -0.2) is 0 Å². The van der Waals surface area contributed by atoms with Crippen LogP contribution in [0.25, 0.3) is 0 Å². The number of thioether (sulfide) groups is 1. The second kappa shape index (κ2) is 7.16. The normalized spacial score (nSPS) is 10.3. The Morgan fingerprint density at radius 2 is 2.05 bits per heavy atom. The van der Waals surface area contributed by atoms with Crippen molar-refractivity contribution in [2.45, 2.75) is 4.90 Å². The summed E-state index contributed by atoms with van der Waals surface area (Å²) < 4.78 is 6.06. The molecule has 2 nitrogen and oxygen atoms in total. The van der Waals surface area contributed by atoms with E-state index < -0.39 is 0 Å². The number of Topliss-reactive ketones (excluding diaryl/α,β-unsaturated/α-hetero) is 1.